The summed E-state index contributed by atoms with van der Waals surface area (Å²) in [5.74, 6) is 0.845. The fraction of sp³-hybridized carbons (Fsp3) is 0.533. The third kappa shape index (κ3) is 3.10. The fourth-order valence-corrected chi connectivity index (χ4v) is 2.53. The lowest BCUT2D eigenvalue weighted by molar-refractivity contribution is -0.133. The summed E-state index contributed by atoms with van der Waals surface area (Å²) >= 11 is 0. The molecule has 0 bridgehead atoms. The summed E-state index contributed by atoms with van der Waals surface area (Å²) in [5, 5.41) is 3.15. The van der Waals surface area contributed by atoms with Gasteiger partial charge < -0.3 is 10.2 Å². The Balaban J connectivity index is 2.09. The van der Waals surface area contributed by atoms with E-state index in [-0.39, 0.29) is 11.9 Å². The molecule has 1 heterocycles. The van der Waals surface area contributed by atoms with Crippen LogP contribution in [0.2, 0.25) is 0 Å². The molecule has 1 amide bonds. The van der Waals surface area contributed by atoms with Gasteiger partial charge in [-0.25, -0.2) is 0 Å². The van der Waals surface area contributed by atoms with Gasteiger partial charge in [0.1, 0.15) is 0 Å². The van der Waals surface area contributed by atoms with E-state index in [0.717, 1.165) is 25.9 Å². The van der Waals surface area contributed by atoms with Gasteiger partial charge in [-0.3, -0.25) is 4.79 Å². The SMILES string of the molecule is CNC1CC(C)CCN(Cc2ccccc2)C1=O. The molecule has 1 fully saturated rings. The number of rotatable bonds is 3. The van der Waals surface area contributed by atoms with Crippen LogP contribution in [0.3, 0.4) is 0 Å². The molecule has 2 rings (SSSR count). The largest absolute Gasteiger partial charge is 0.337 e. The number of nitrogens with zero attached hydrogens (tertiary/aromatic N) is 1. The number of amides is 1. The normalized spacial score (nSPS) is 25.0. The average Bonchev–Trinajstić information content (AvgIpc) is 2.53. The number of hydrogen-bond donors (Lipinski definition) is 1. The quantitative estimate of drug-likeness (QED) is 0.885. The van der Waals surface area contributed by atoms with Crippen molar-refractivity contribution in [2.45, 2.75) is 32.4 Å². The van der Waals surface area contributed by atoms with Crippen molar-refractivity contribution in [3.05, 3.63) is 35.9 Å². The topological polar surface area (TPSA) is 32.3 Å². The highest BCUT2D eigenvalue weighted by molar-refractivity contribution is 5.82. The van der Waals surface area contributed by atoms with Crippen LogP contribution in [-0.2, 0) is 11.3 Å². The second-order valence-electron chi connectivity index (χ2n) is 5.22. The highest BCUT2D eigenvalue weighted by Gasteiger charge is 2.28. The lowest BCUT2D eigenvalue weighted by atomic mass is 10.0. The molecule has 1 aromatic carbocycles. The molecule has 0 aromatic heterocycles. The maximum Gasteiger partial charge on any atom is 0.240 e. The number of likely N-dealkylation sites (N-methyl/N-ethyl adjacent to an activating group) is 1. The standard InChI is InChI=1S/C15H22N2O/c1-12-8-9-17(15(18)14(10-12)16-2)11-13-6-4-3-5-7-13/h3-7,12,14,16H,8-11H2,1-2H3. The van der Waals surface area contributed by atoms with Crippen molar-refractivity contribution < 1.29 is 4.79 Å². The predicted octanol–water partition coefficient (Wildman–Crippen LogP) is 2.03. The smallest absolute Gasteiger partial charge is 0.240 e. The van der Waals surface area contributed by atoms with E-state index in [1.807, 2.05) is 30.1 Å². The Morgan fingerprint density at radius 2 is 2.06 bits per heavy atom. The molecule has 0 aliphatic carbocycles. The molecule has 1 saturated heterocycles. The average molecular weight is 246 g/mol. The van der Waals surface area contributed by atoms with E-state index in [1.54, 1.807) is 0 Å². The zero-order chi connectivity index (χ0) is 13.0. The molecule has 1 aliphatic rings. The van der Waals surface area contributed by atoms with E-state index >= 15 is 0 Å². The monoisotopic (exact) mass is 246 g/mol. The van der Waals surface area contributed by atoms with Gasteiger partial charge in [0.05, 0.1) is 6.04 Å². The van der Waals surface area contributed by atoms with E-state index in [4.69, 9.17) is 0 Å². The van der Waals surface area contributed by atoms with Gasteiger partial charge >= 0.3 is 0 Å². The summed E-state index contributed by atoms with van der Waals surface area (Å²) in [5.41, 5.74) is 1.20. The lowest BCUT2D eigenvalue weighted by Gasteiger charge is -2.24. The molecule has 1 aromatic rings. The van der Waals surface area contributed by atoms with Gasteiger partial charge in [0.2, 0.25) is 5.91 Å². The van der Waals surface area contributed by atoms with E-state index in [9.17, 15) is 4.79 Å². The minimum Gasteiger partial charge on any atom is -0.337 e. The van der Waals surface area contributed by atoms with Crippen LogP contribution in [0, 0.1) is 5.92 Å². The first kappa shape index (κ1) is 13.1. The van der Waals surface area contributed by atoms with Gasteiger partial charge in [-0.15, -0.1) is 0 Å². The van der Waals surface area contributed by atoms with Crippen LogP contribution < -0.4 is 5.32 Å². The molecule has 2 unspecified atom stereocenters. The lowest BCUT2D eigenvalue weighted by Crippen LogP contribution is -2.43. The molecule has 2 atom stereocenters. The molecule has 0 saturated carbocycles. The third-order valence-corrected chi connectivity index (χ3v) is 3.70. The summed E-state index contributed by atoms with van der Waals surface area (Å²) in [4.78, 5) is 14.4. The summed E-state index contributed by atoms with van der Waals surface area (Å²) in [6.45, 7) is 3.82. The van der Waals surface area contributed by atoms with Gasteiger partial charge in [-0.05, 0) is 31.4 Å². The second-order valence-corrected chi connectivity index (χ2v) is 5.22. The highest BCUT2D eigenvalue weighted by Crippen LogP contribution is 2.19. The summed E-state index contributed by atoms with van der Waals surface area (Å²) < 4.78 is 0. The van der Waals surface area contributed by atoms with Crippen LogP contribution in [0.4, 0.5) is 0 Å². The van der Waals surface area contributed by atoms with Gasteiger partial charge in [0, 0.05) is 13.1 Å². The van der Waals surface area contributed by atoms with Crippen LogP contribution >= 0.6 is 0 Å². The van der Waals surface area contributed by atoms with Crippen LogP contribution in [0.25, 0.3) is 0 Å². The second kappa shape index (κ2) is 6.01. The molecule has 0 radical (unpaired) electrons. The van der Waals surface area contributed by atoms with Crippen molar-refractivity contribution in [3.63, 3.8) is 0 Å². The minimum atomic E-state index is -0.0220. The number of likely N-dealkylation sites (tertiary alicyclic amines) is 1. The molecule has 18 heavy (non-hydrogen) atoms. The molecular weight excluding hydrogens is 224 g/mol. The summed E-state index contributed by atoms with van der Waals surface area (Å²) in [6, 6.07) is 10.2. The molecule has 3 heteroatoms. The van der Waals surface area contributed by atoms with E-state index < -0.39 is 0 Å². The molecule has 1 N–H and O–H groups in total. The van der Waals surface area contributed by atoms with Crippen molar-refractivity contribution in [3.8, 4) is 0 Å². The number of carbonyl (C=O) groups is 1. The van der Waals surface area contributed by atoms with Crippen LogP contribution in [-0.4, -0.2) is 30.4 Å². The first-order valence-electron chi connectivity index (χ1n) is 6.70. The Labute approximate surface area is 109 Å². The van der Waals surface area contributed by atoms with Gasteiger partial charge in [0.25, 0.3) is 0 Å². The number of nitrogens with one attached hydrogen (secondary N) is 1. The minimum absolute atomic E-state index is 0.0220. The van der Waals surface area contributed by atoms with Crippen molar-refractivity contribution >= 4 is 5.91 Å². The van der Waals surface area contributed by atoms with Gasteiger partial charge in [-0.2, -0.15) is 0 Å². The third-order valence-electron chi connectivity index (χ3n) is 3.70. The maximum absolute atomic E-state index is 12.4. The molecular formula is C15H22N2O. The zero-order valence-corrected chi connectivity index (χ0v) is 11.2. The predicted molar refractivity (Wildman–Crippen MR) is 73.1 cm³/mol. The van der Waals surface area contributed by atoms with Crippen molar-refractivity contribution in [1.29, 1.82) is 0 Å². The number of carbonyl (C=O) groups excluding carboxylic acids is 1. The van der Waals surface area contributed by atoms with Crippen molar-refractivity contribution in [2.24, 2.45) is 5.92 Å². The number of benzene rings is 1. The fourth-order valence-electron chi connectivity index (χ4n) is 2.53. The Kier molecular flexibility index (Phi) is 4.37. The molecule has 1 aliphatic heterocycles. The Bertz CT molecular complexity index is 391. The summed E-state index contributed by atoms with van der Waals surface area (Å²) in [6.07, 6.45) is 2.04. The van der Waals surface area contributed by atoms with Gasteiger partial charge in [0.15, 0.2) is 0 Å². The van der Waals surface area contributed by atoms with Crippen LogP contribution in [0.1, 0.15) is 25.3 Å². The molecule has 0 spiro atoms. The first-order valence-corrected chi connectivity index (χ1v) is 6.70. The maximum atomic E-state index is 12.4. The van der Waals surface area contributed by atoms with E-state index in [0.29, 0.717) is 5.92 Å². The molecule has 98 valence electrons. The Hall–Kier alpha value is -1.35. The van der Waals surface area contributed by atoms with Crippen LogP contribution in [0.5, 0.6) is 0 Å². The summed E-state index contributed by atoms with van der Waals surface area (Å²) in [7, 11) is 1.88. The van der Waals surface area contributed by atoms with E-state index in [2.05, 4.69) is 24.4 Å². The highest BCUT2D eigenvalue weighted by atomic mass is 16.2. The van der Waals surface area contributed by atoms with Gasteiger partial charge in [-0.1, -0.05) is 37.3 Å². The van der Waals surface area contributed by atoms with Crippen LogP contribution in [0.15, 0.2) is 30.3 Å². The Morgan fingerprint density at radius 3 is 2.72 bits per heavy atom. The van der Waals surface area contributed by atoms with E-state index in [1.165, 1.54) is 5.56 Å². The van der Waals surface area contributed by atoms with Crippen molar-refractivity contribution in [2.75, 3.05) is 13.6 Å². The molecule has 3 nitrogen and oxygen atoms in total. The van der Waals surface area contributed by atoms with Crippen molar-refractivity contribution in [1.82, 2.24) is 10.2 Å². The Morgan fingerprint density at radius 1 is 1.33 bits per heavy atom. The number of hydrogen-bond acceptors (Lipinski definition) is 2. The zero-order valence-electron chi connectivity index (χ0n) is 11.2. The first-order chi connectivity index (χ1) is 8.70.